The normalized spacial score (nSPS) is 11.3. The van der Waals surface area contributed by atoms with Crippen molar-refractivity contribution < 1.29 is 23.1 Å². The van der Waals surface area contributed by atoms with Crippen LogP contribution in [0.3, 0.4) is 0 Å². The smallest absolute Gasteiger partial charge is 0.337 e. The number of aromatic carboxylic acids is 1. The average molecular weight is 307 g/mol. The van der Waals surface area contributed by atoms with Crippen LogP contribution in [0, 0.1) is 0 Å². The van der Waals surface area contributed by atoms with Crippen molar-refractivity contribution >= 4 is 27.4 Å². The van der Waals surface area contributed by atoms with Crippen molar-refractivity contribution in [3.8, 4) is 5.75 Å². The molecule has 19 heavy (non-hydrogen) atoms. The maximum Gasteiger partial charge on any atom is 0.337 e. The summed E-state index contributed by atoms with van der Waals surface area (Å²) in [6, 6.07) is 4.18. The summed E-state index contributed by atoms with van der Waals surface area (Å²) < 4.78 is 28.1. The molecule has 1 aromatic rings. The standard InChI is InChI=1S/C12H15ClO5S/c1-2-6-19(16,17)7-5-18-9-3-4-11(13)10(8-9)12(14)15/h3-4,8H,2,5-7H2,1H3,(H,14,15). The van der Waals surface area contributed by atoms with Gasteiger partial charge < -0.3 is 9.84 Å². The van der Waals surface area contributed by atoms with E-state index in [-0.39, 0.29) is 34.4 Å². The highest BCUT2D eigenvalue weighted by atomic mass is 35.5. The van der Waals surface area contributed by atoms with Crippen LogP contribution in [0.4, 0.5) is 0 Å². The first-order valence-corrected chi connectivity index (χ1v) is 7.91. The third-order valence-corrected chi connectivity index (χ3v) is 4.49. The third-order valence-electron chi connectivity index (χ3n) is 2.35. The molecule has 0 spiro atoms. The first kappa shape index (κ1) is 15.8. The van der Waals surface area contributed by atoms with Crippen LogP contribution in [0.1, 0.15) is 23.7 Å². The third kappa shape index (κ3) is 5.08. The Labute approximate surface area is 117 Å². The Bertz CT molecular complexity index is 553. The van der Waals surface area contributed by atoms with E-state index < -0.39 is 15.8 Å². The van der Waals surface area contributed by atoms with E-state index in [0.29, 0.717) is 6.42 Å². The molecular weight excluding hydrogens is 292 g/mol. The van der Waals surface area contributed by atoms with E-state index in [1.165, 1.54) is 18.2 Å². The van der Waals surface area contributed by atoms with Crippen molar-refractivity contribution in [3.63, 3.8) is 0 Å². The number of carbonyl (C=O) groups is 1. The molecule has 106 valence electrons. The Morgan fingerprint density at radius 2 is 2.05 bits per heavy atom. The van der Waals surface area contributed by atoms with Crippen molar-refractivity contribution in [1.29, 1.82) is 0 Å². The molecule has 5 nitrogen and oxygen atoms in total. The molecule has 0 saturated carbocycles. The molecule has 7 heteroatoms. The Hall–Kier alpha value is -1.27. The quantitative estimate of drug-likeness (QED) is 0.835. The van der Waals surface area contributed by atoms with Crippen LogP contribution in [-0.2, 0) is 9.84 Å². The van der Waals surface area contributed by atoms with Gasteiger partial charge in [-0.1, -0.05) is 18.5 Å². The van der Waals surface area contributed by atoms with Gasteiger partial charge in [-0.05, 0) is 24.6 Å². The van der Waals surface area contributed by atoms with Gasteiger partial charge >= 0.3 is 5.97 Å². The molecule has 0 amide bonds. The Morgan fingerprint density at radius 1 is 1.37 bits per heavy atom. The van der Waals surface area contributed by atoms with Crippen LogP contribution in [0.15, 0.2) is 18.2 Å². The summed E-state index contributed by atoms with van der Waals surface area (Å²) in [5.41, 5.74) is -0.0735. The molecule has 0 heterocycles. The zero-order valence-corrected chi connectivity index (χ0v) is 12.0. The predicted octanol–water partition coefficient (Wildman–Crippen LogP) is 2.24. The first-order chi connectivity index (χ1) is 8.85. The second-order valence-corrected chi connectivity index (χ2v) is 6.66. The highest BCUT2D eigenvalue weighted by Gasteiger charge is 2.12. The highest BCUT2D eigenvalue weighted by Crippen LogP contribution is 2.22. The Kier molecular flexibility index (Phi) is 5.62. The van der Waals surface area contributed by atoms with Crippen LogP contribution < -0.4 is 4.74 Å². The first-order valence-electron chi connectivity index (χ1n) is 5.72. The molecule has 1 aromatic carbocycles. The van der Waals surface area contributed by atoms with Gasteiger partial charge in [-0.2, -0.15) is 0 Å². The van der Waals surface area contributed by atoms with Crippen molar-refractivity contribution in [3.05, 3.63) is 28.8 Å². The molecule has 0 bridgehead atoms. The lowest BCUT2D eigenvalue weighted by atomic mass is 10.2. The monoisotopic (exact) mass is 306 g/mol. The number of ether oxygens (including phenoxy) is 1. The number of carboxylic acid groups (broad SMARTS) is 1. The van der Waals surface area contributed by atoms with E-state index in [0.717, 1.165) is 0 Å². The van der Waals surface area contributed by atoms with E-state index in [1.54, 1.807) is 6.92 Å². The maximum absolute atomic E-state index is 11.5. The zero-order chi connectivity index (χ0) is 14.5. The van der Waals surface area contributed by atoms with Gasteiger partial charge in [0.05, 0.1) is 22.1 Å². The van der Waals surface area contributed by atoms with E-state index in [4.69, 9.17) is 21.4 Å². The van der Waals surface area contributed by atoms with Crippen LogP contribution in [0.2, 0.25) is 5.02 Å². The fourth-order valence-corrected chi connectivity index (χ4v) is 2.82. The van der Waals surface area contributed by atoms with Gasteiger partial charge in [0.2, 0.25) is 0 Å². The molecule has 0 aromatic heterocycles. The summed E-state index contributed by atoms with van der Waals surface area (Å²) in [4.78, 5) is 10.9. The van der Waals surface area contributed by atoms with Crippen LogP contribution in [-0.4, -0.2) is 37.6 Å². The highest BCUT2D eigenvalue weighted by molar-refractivity contribution is 7.91. The number of carboxylic acids is 1. The van der Waals surface area contributed by atoms with E-state index in [9.17, 15) is 13.2 Å². The molecule has 0 unspecified atom stereocenters. The van der Waals surface area contributed by atoms with Gasteiger partial charge in [0.25, 0.3) is 0 Å². The molecule has 0 radical (unpaired) electrons. The predicted molar refractivity (Wildman–Crippen MR) is 72.9 cm³/mol. The van der Waals surface area contributed by atoms with E-state index in [1.807, 2.05) is 0 Å². The summed E-state index contributed by atoms with van der Waals surface area (Å²) in [7, 11) is -3.10. The number of rotatable bonds is 7. The topological polar surface area (TPSA) is 80.7 Å². The molecule has 1 N–H and O–H groups in total. The number of halogens is 1. The minimum absolute atomic E-state index is 0.0109. The van der Waals surface area contributed by atoms with E-state index in [2.05, 4.69) is 0 Å². The number of hydrogen-bond acceptors (Lipinski definition) is 4. The minimum atomic E-state index is -3.10. The van der Waals surface area contributed by atoms with Gasteiger partial charge in [-0.15, -0.1) is 0 Å². The lowest BCUT2D eigenvalue weighted by Gasteiger charge is -2.08. The van der Waals surface area contributed by atoms with Gasteiger partial charge in [0.1, 0.15) is 12.4 Å². The fraction of sp³-hybridized carbons (Fsp3) is 0.417. The average Bonchev–Trinajstić information content (AvgIpc) is 2.30. The number of benzene rings is 1. The summed E-state index contributed by atoms with van der Waals surface area (Å²) in [5, 5.41) is 8.99. The SMILES string of the molecule is CCCS(=O)(=O)CCOc1ccc(Cl)c(C(=O)O)c1. The largest absolute Gasteiger partial charge is 0.493 e. The van der Waals surface area contributed by atoms with Gasteiger partial charge in [0.15, 0.2) is 9.84 Å². The molecule has 0 fully saturated rings. The Morgan fingerprint density at radius 3 is 2.63 bits per heavy atom. The molecular formula is C12H15ClO5S. The second-order valence-electron chi connectivity index (χ2n) is 3.95. The lowest BCUT2D eigenvalue weighted by Crippen LogP contribution is -2.16. The van der Waals surface area contributed by atoms with Crippen molar-refractivity contribution in [2.75, 3.05) is 18.1 Å². The number of sulfone groups is 1. The fourth-order valence-electron chi connectivity index (χ4n) is 1.46. The summed E-state index contributed by atoms with van der Waals surface area (Å²) in [5.74, 6) is -0.842. The van der Waals surface area contributed by atoms with Crippen LogP contribution in [0.5, 0.6) is 5.75 Å². The number of hydrogen-bond donors (Lipinski definition) is 1. The molecule has 0 saturated heterocycles. The summed E-state index contributed by atoms with van der Waals surface area (Å²) in [6.07, 6.45) is 0.562. The summed E-state index contributed by atoms with van der Waals surface area (Å²) >= 11 is 5.71. The van der Waals surface area contributed by atoms with Gasteiger partial charge in [-0.25, -0.2) is 13.2 Å². The van der Waals surface area contributed by atoms with Crippen molar-refractivity contribution in [2.24, 2.45) is 0 Å². The lowest BCUT2D eigenvalue weighted by molar-refractivity contribution is 0.0696. The minimum Gasteiger partial charge on any atom is -0.493 e. The van der Waals surface area contributed by atoms with Gasteiger partial charge in [0, 0.05) is 0 Å². The second kappa shape index (κ2) is 6.77. The Balaban J connectivity index is 2.64. The zero-order valence-electron chi connectivity index (χ0n) is 10.4. The molecule has 0 atom stereocenters. The van der Waals surface area contributed by atoms with Crippen molar-refractivity contribution in [1.82, 2.24) is 0 Å². The van der Waals surface area contributed by atoms with E-state index >= 15 is 0 Å². The molecule has 1 rings (SSSR count). The molecule has 0 aliphatic heterocycles. The summed E-state index contributed by atoms with van der Waals surface area (Å²) in [6.45, 7) is 1.78. The maximum atomic E-state index is 11.5. The van der Waals surface area contributed by atoms with Crippen LogP contribution in [0.25, 0.3) is 0 Å². The van der Waals surface area contributed by atoms with Crippen LogP contribution >= 0.6 is 11.6 Å². The molecule has 0 aliphatic rings. The molecule has 0 aliphatic carbocycles. The van der Waals surface area contributed by atoms with Gasteiger partial charge in [-0.3, -0.25) is 0 Å². The van der Waals surface area contributed by atoms with Crippen molar-refractivity contribution in [2.45, 2.75) is 13.3 Å².